The van der Waals surface area contributed by atoms with Crippen molar-refractivity contribution in [2.24, 2.45) is 5.92 Å². The van der Waals surface area contributed by atoms with Gasteiger partial charge in [0, 0.05) is 12.2 Å². The van der Waals surface area contributed by atoms with E-state index in [4.69, 9.17) is 18.9 Å². The molecule has 0 aliphatic rings. The number of ether oxygens (including phenoxy) is 5. The Labute approximate surface area is 215 Å². The van der Waals surface area contributed by atoms with E-state index in [9.17, 15) is 19.2 Å². The molecule has 0 spiro atoms. The van der Waals surface area contributed by atoms with Crippen LogP contribution in [0.1, 0.15) is 31.7 Å². The van der Waals surface area contributed by atoms with E-state index in [0.717, 1.165) is 11.6 Å². The van der Waals surface area contributed by atoms with Crippen molar-refractivity contribution in [3.63, 3.8) is 0 Å². The minimum absolute atomic E-state index is 0.00476. The molecule has 37 heavy (non-hydrogen) atoms. The van der Waals surface area contributed by atoms with Crippen molar-refractivity contribution >= 4 is 30.0 Å². The Balaban J connectivity index is 1.66. The quantitative estimate of drug-likeness (QED) is 0.159. The van der Waals surface area contributed by atoms with E-state index in [1.54, 1.807) is 37.3 Å². The first-order chi connectivity index (χ1) is 17.8. The maximum absolute atomic E-state index is 12.0. The number of carbonyl (C=O) groups excluding carboxylic acids is 4. The van der Waals surface area contributed by atoms with Crippen LogP contribution < -0.4 is 14.2 Å². The predicted octanol–water partition coefficient (Wildman–Crippen LogP) is 4.30. The van der Waals surface area contributed by atoms with Crippen LogP contribution in [0.2, 0.25) is 0 Å². The van der Waals surface area contributed by atoms with E-state index >= 15 is 0 Å². The third-order valence-electron chi connectivity index (χ3n) is 4.87. The average Bonchev–Trinajstić information content (AvgIpc) is 2.90. The van der Waals surface area contributed by atoms with Gasteiger partial charge in [0.1, 0.15) is 17.2 Å². The second-order valence-electron chi connectivity index (χ2n) is 7.82. The number of rotatable bonds is 14. The van der Waals surface area contributed by atoms with Crippen molar-refractivity contribution in [2.75, 3.05) is 20.3 Å². The highest BCUT2D eigenvalue weighted by Gasteiger charge is 2.18. The molecule has 0 N–H and O–H groups in total. The number of unbranched alkanes of at least 4 members (excludes halogenated alkanes) is 1. The van der Waals surface area contributed by atoms with Gasteiger partial charge in [-0.2, -0.15) is 0 Å². The van der Waals surface area contributed by atoms with Crippen molar-refractivity contribution < 1.29 is 42.9 Å². The number of esters is 4. The van der Waals surface area contributed by atoms with Gasteiger partial charge in [-0.05, 0) is 60.9 Å². The summed E-state index contributed by atoms with van der Waals surface area (Å²) < 4.78 is 25.5. The van der Waals surface area contributed by atoms with Gasteiger partial charge in [0.2, 0.25) is 0 Å². The third kappa shape index (κ3) is 11.3. The molecule has 9 nitrogen and oxygen atoms in total. The molecule has 0 aromatic heterocycles. The van der Waals surface area contributed by atoms with E-state index < -0.39 is 29.8 Å². The molecule has 0 aliphatic carbocycles. The van der Waals surface area contributed by atoms with Gasteiger partial charge in [-0.15, -0.1) is 0 Å². The molecule has 0 bridgehead atoms. The fraction of sp³-hybridized carbons (Fsp3) is 0.286. The summed E-state index contributed by atoms with van der Waals surface area (Å²) in [6.45, 7) is 5.64. The molecule has 0 radical (unpaired) electrons. The Morgan fingerprint density at radius 3 is 2.00 bits per heavy atom. The fourth-order valence-electron chi connectivity index (χ4n) is 2.85. The van der Waals surface area contributed by atoms with E-state index in [0.29, 0.717) is 36.7 Å². The lowest BCUT2D eigenvalue weighted by Gasteiger charge is -2.10. The van der Waals surface area contributed by atoms with Gasteiger partial charge in [-0.25, -0.2) is 9.59 Å². The van der Waals surface area contributed by atoms with E-state index in [1.807, 2.05) is 0 Å². The summed E-state index contributed by atoms with van der Waals surface area (Å²) in [5.74, 6) is -1.26. The van der Waals surface area contributed by atoms with Crippen LogP contribution in [0, 0.1) is 5.92 Å². The van der Waals surface area contributed by atoms with Gasteiger partial charge in [0.15, 0.2) is 0 Å². The Hall–Kier alpha value is -4.40. The first kappa shape index (κ1) is 28.8. The van der Waals surface area contributed by atoms with Crippen LogP contribution in [0.4, 0.5) is 0 Å². The lowest BCUT2D eigenvalue weighted by Crippen LogP contribution is -2.19. The summed E-state index contributed by atoms with van der Waals surface area (Å²) in [5.41, 5.74) is 0.781. The number of hydrogen-bond acceptors (Lipinski definition) is 9. The lowest BCUT2D eigenvalue weighted by atomic mass is 10.1. The molecule has 2 aromatic carbocycles. The molecule has 0 fully saturated rings. The summed E-state index contributed by atoms with van der Waals surface area (Å²) in [6.07, 6.45) is 5.27. The molecule has 0 saturated heterocycles. The van der Waals surface area contributed by atoms with Crippen LogP contribution in [0.5, 0.6) is 17.2 Å². The van der Waals surface area contributed by atoms with Crippen LogP contribution in [0.3, 0.4) is 0 Å². The van der Waals surface area contributed by atoms with Gasteiger partial charge < -0.3 is 23.7 Å². The number of hydrogen-bond donors (Lipinski definition) is 0. The van der Waals surface area contributed by atoms with Crippen molar-refractivity contribution in [3.05, 3.63) is 72.8 Å². The Morgan fingerprint density at radius 1 is 0.838 bits per heavy atom. The Kier molecular flexibility index (Phi) is 12.1. The monoisotopic (exact) mass is 510 g/mol. The van der Waals surface area contributed by atoms with Crippen molar-refractivity contribution in [1.29, 1.82) is 0 Å². The molecule has 0 amide bonds. The summed E-state index contributed by atoms with van der Waals surface area (Å²) in [5, 5.41) is 0. The zero-order chi connectivity index (χ0) is 27.0. The van der Waals surface area contributed by atoms with Gasteiger partial charge in [-0.1, -0.05) is 25.6 Å². The molecule has 2 aromatic rings. The van der Waals surface area contributed by atoms with Crippen LogP contribution in [-0.2, 0) is 28.7 Å². The van der Waals surface area contributed by atoms with E-state index in [2.05, 4.69) is 11.3 Å². The minimum Gasteiger partial charge on any atom is -0.494 e. The second kappa shape index (κ2) is 15.6. The highest BCUT2D eigenvalue weighted by Crippen LogP contribution is 2.18. The zero-order valence-electron chi connectivity index (χ0n) is 20.8. The number of carbonyl (C=O) groups is 4. The second-order valence-corrected chi connectivity index (χ2v) is 7.82. The van der Waals surface area contributed by atoms with Crippen molar-refractivity contribution in [1.82, 2.24) is 0 Å². The summed E-state index contributed by atoms with van der Waals surface area (Å²) in [4.78, 5) is 46.2. The standard InChI is InChI=1S/C28H30O9/c1-4-25(29)36-23-12-14-24(15-13-23)37-26(30)16-9-21-7-10-22(11-8-21)34-17-5-6-18-35-28(32)20(2)19-27(31)33-3/h4,7-16,20H,1,5-6,17-19H2,2-3H3/b16-9+. The highest BCUT2D eigenvalue weighted by molar-refractivity contribution is 5.88. The summed E-state index contributed by atoms with van der Waals surface area (Å²) in [7, 11) is 1.28. The molecule has 9 heteroatoms. The SMILES string of the molecule is C=CC(=O)Oc1ccc(OC(=O)/C=C/c2ccc(OCCCCOC(=O)C(C)CC(=O)OC)cc2)cc1. The van der Waals surface area contributed by atoms with Gasteiger partial charge in [0.05, 0.1) is 32.7 Å². The predicted molar refractivity (Wildman–Crippen MR) is 135 cm³/mol. The molecule has 0 aliphatic heterocycles. The molecular formula is C28H30O9. The van der Waals surface area contributed by atoms with E-state index in [1.165, 1.54) is 37.5 Å². The Bertz CT molecular complexity index is 1090. The van der Waals surface area contributed by atoms with Crippen molar-refractivity contribution in [3.8, 4) is 17.2 Å². The molecule has 196 valence electrons. The molecule has 0 saturated carbocycles. The van der Waals surface area contributed by atoms with Crippen molar-refractivity contribution in [2.45, 2.75) is 26.2 Å². The molecular weight excluding hydrogens is 480 g/mol. The Morgan fingerprint density at radius 2 is 1.41 bits per heavy atom. The smallest absolute Gasteiger partial charge is 0.336 e. The van der Waals surface area contributed by atoms with E-state index in [-0.39, 0.29) is 13.0 Å². The first-order valence-corrected chi connectivity index (χ1v) is 11.6. The van der Waals surface area contributed by atoms with Gasteiger partial charge >= 0.3 is 23.9 Å². The number of benzene rings is 2. The largest absolute Gasteiger partial charge is 0.494 e. The topological polar surface area (TPSA) is 114 Å². The molecule has 1 atom stereocenters. The first-order valence-electron chi connectivity index (χ1n) is 11.6. The van der Waals surface area contributed by atoms with Gasteiger partial charge in [-0.3, -0.25) is 9.59 Å². The number of methoxy groups -OCH3 is 1. The van der Waals surface area contributed by atoms with Crippen LogP contribution in [-0.4, -0.2) is 44.2 Å². The van der Waals surface area contributed by atoms with Crippen LogP contribution in [0.15, 0.2) is 67.3 Å². The third-order valence-corrected chi connectivity index (χ3v) is 4.87. The summed E-state index contributed by atoms with van der Waals surface area (Å²) >= 11 is 0. The molecule has 2 rings (SSSR count). The normalized spacial score (nSPS) is 11.3. The highest BCUT2D eigenvalue weighted by atomic mass is 16.5. The lowest BCUT2D eigenvalue weighted by molar-refractivity contribution is -0.153. The van der Waals surface area contributed by atoms with Crippen LogP contribution >= 0.6 is 0 Å². The minimum atomic E-state index is -0.577. The van der Waals surface area contributed by atoms with Crippen LogP contribution in [0.25, 0.3) is 6.08 Å². The summed E-state index contributed by atoms with van der Waals surface area (Å²) in [6, 6.07) is 13.2. The fourth-order valence-corrected chi connectivity index (χ4v) is 2.85. The molecule has 1 unspecified atom stereocenters. The van der Waals surface area contributed by atoms with Gasteiger partial charge in [0.25, 0.3) is 0 Å². The molecule has 0 heterocycles. The maximum Gasteiger partial charge on any atom is 0.336 e. The maximum atomic E-state index is 12.0. The zero-order valence-corrected chi connectivity index (χ0v) is 20.8. The average molecular weight is 511 g/mol.